The Labute approximate surface area is 62.1 Å². The molecule has 0 aromatic heterocycles. The van der Waals surface area contributed by atoms with Gasteiger partial charge in [-0.1, -0.05) is 15.9 Å². The zero-order valence-electron chi connectivity index (χ0n) is 4.76. The molecule has 48 valence electrons. The number of hydrogen-bond donors (Lipinski definition) is 1. The Morgan fingerprint density at radius 1 is 1.78 bits per heavy atom. The van der Waals surface area contributed by atoms with E-state index < -0.39 is 6.10 Å². The van der Waals surface area contributed by atoms with E-state index in [1.165, 1.54) is 0 Å². The van der Waals surface area contributed by atoms with Gasteiger partial charge in [-0.15, -0.1) is 0 Å². The molecule has 9 heavy (non-hydrogen) atoms. The summed E-state index contributed by atoms with van der Waals surface area (Å²) in [4.78, 5) is 3.24. The summed E-state index contributed by atoms with van der Waals surface area (Å²) in [5.74, 6) is 0. The molecular weight excluding hydrogens is 182 g/mol. The predicted octanol–water partition coefficient (Wildman–Crippen LogP) is 1.67. The fourth-order valence-corrected chi connectivity index (χ4v) is 1.34. The second-order valence-corrected chi connectivity index (χ2v) is 2.82. The number of halogens is 1. The molecule has 0 spiro atoms. The normalized spacial score (nSPS) is 26.6. The Kier molecular flexibility index (Phi) is 1.89. The third kappa shape index (κ3) is 1.15. The Morgan fingerprint density at radius 2 is 2.44 bits per heavy atom. The molecule has 0 saturated carbocycles. The van der Waals surface area contributed by atoms with Gasteiger partial charge in [-0.3, -0.25) is 0 Å². The van der Waals surface area contributed by atoms with Gasteiger partial charge in [0.15, 0.2) is 5.70 Å². The van der Waals surface area contributed by atoms with Crippen molar-refractivity contribution in [2.45, 2.75) is 18.9 Å². The second-order valence-electron chi connectivity index (χ2n) is 1.96. The molecule has 3 heteroatoms. The molecule has 1 aliphatic carbocycles. The van der Waals surface area contributed by atoms with Crippen molar-refractivity contribution in [3.05, 3.63) is 21.6 Å². The molecule has 0 fully saturated rings. The lowest BCUT2D eigenvalue weighted by molar-refractivity contribution is 0.220. The highest BCUT2D eigenvalue weighted by Gasteiger charge is 2.20. The Morgan fingerprint density at radius 3 is 2.67 bits per heavy atom. The van der Waals surface area contributed by atoms with Gasteiger partial charge in [-0.2, -0.15) is 0 Å². The van der Waals surface area contributed by atoms with Crippen LogP contribution in [0.3, 0.4) is 0 Å². The minimum absolute atomic E-state index is 0.422. The van der Waals surface area contributed by atoms with Gasteiger partial charge in [0.2, 0.25) is 0 Å². The highest BCUT2D eigenvalue weighted by molar-refractivity contribution is 9.11. The number of allylic oxidation sites excluding steroid dienone is 1. The Hall–Kier alpha value is -0.330. The Balaban J connectivity index is 2.83. The fraction of sp³-hybridized carbons (Fsp3) is 0.500. The summed E-state index contributed by atoms with van der Waals surface area (Å²) < 4.78 is 0.678. The maximum absolute atomic E-state index is 9.05. The first-order chi connectivity index (χ1) is 4.25. The van der Waals surface area contributed by atoms with Crippen LogP contribution in [0.5, 0.6) is 0 Å². The highest BCUT2D eigenvalue weighted by Crippen LogP contribution is 2.31. The van der Waals surface area contributed by atoms with Crippen LogP contribution < -0.4 is 0 Å². The maximum Gasteiger partial charge on any atom is 0.178 e. The van der Waals surface area contributed by atoms with Crippen molar-refractivity contribution in [2.75, 3.05) is 0 Å². The van der Waals surface area contributed by atoms with E-state index in [0.29, 0.717) is 23.0 Å². The first kappa shape index (κ1) is 6.79. The molecule has 2 nitrogen and oxygen atoms in total. The highest BCUT2D eigenvalue weighted by atomic mass is 79.9. The van der Waals surface area contributed by atoms with Crippen molar-refractivity contribution < 1.29 is 5.11 Å². The first-order valence-electron chi connectivity index (χ1n) is 2.69. The maximum atomic E-state index is 9.05. The molecule has 0 heterocycles. The molecule has 0 bridgehead atoms. The summed E-state index contributed by atoms with van der Waals surface area (Å²) in [6.07, 6.45) is 0.984. The zero-order valence-corrected chi connectivity index (χ0v) is 6.35. The third-order valence-electron chi connectivity index (χ3n) is 1.36. The van der Waals surface area contributed by atoms with Gasteiger partial charge in [0.1, 0.15) is 0 Å². The number of aliphatic hydroxyl groups is 1. The van der Waals surface area contributed by atoms with Crippen LogP contribution in [0.25, 0.3) is 4.85 Å². The molecular formula is C6H6BrNO. The molecule has 1 atom stereocenters. The average molecular weight is 188 g/mol. The van der Waals surface area contributed by atoms with Crippen LogP contribution in [0.1, 0.15) is 12.8 Å². The largest absolute Gasteiger partial charge is 0.389 e. The quantitative estimate of drug-likeness (QED) is 0.574. The van der Waals surface area contributed by atoms with Crippen LogP contribution in [0, 0.1) is 6.57 Å². The van der Waals surface area contributed by atoms with E-state index in [4.69, 9.17) is 11.7 Å². The van der Waals surface area contributed by atoms with Gasteiger partial charge in [0, 0.05) is 4.48 Å². The number of rotatable bonds is 0. The Bertz CT molecular complexity index is 192. The van der Waals surface area contributed by atoms with Crippen LogP contribution in [0.2, 0.25) is 0 Å². The van der Waals surface area contributed by atoms with Gasteiger partial charge >= 0.3 is 0 Å². The van der Waals surface area contributed by atoms with Gasteiger partial charge in [0.05, 0.1) is 12.7 Å². The van der Waals surface area contributed by atoms with E-state index in [0.717, 1.165) is 0 Å². The lowest BCUT2D eigenvalue weighted by Gasteiger charge is -1.97. The van der Waals surface area contributed by atoms with Crippen molar-refractivity contribution in [1.29, 1.82) is 0 Å². The summed E-state index contributed by atoms with van der Waals surface area (Å²) in [7, 11) is 0. The monoisotopic (exact) mass is 187 g/mol. The molecule has 0 amide bonds. The summed E-state index contributed by atoms with van der Waals surface area (Å²) >= 11 is 3.15. The van der Waals surface area contributed by atoms with E-state index in [1.807, 2.05) is 0 Å². The van der Waals surface area contributed by atoms with Crippen molar-refractivity contribution in [3.8, 4) is 0 Å². The molecule has 0 unspecified atom stereocenters. The fourth-order valence-electron chi connectivity index (χ4n) is 0.821. The van der Waals surface area contributed by atoms with Crippen LogP contribution in [0.4, 0.5) is 0 Å². The first-order valence-corrected chi connectivity index (χ1v) is 3.49. The lowest BCUT2D eigenvalue weighted by atomic mass is 10.3. The summed E-state index contributed by atoms with van der Waals surface area (Å²) in [6, 6.07) is 0. The molecule has 0 saturated heterocycles. The van der Waals surface area contributed by atoms with Crippen molar-refractivity contribution in [1.82, 2.24) is 0 Å². The van der Waals surface area contributed by atoms with E-state index in [9.17, 15) is 0 Å². The topological polar surface area (TPSA) is 24.6 Å². The van der Waals surface area contributed by atoms with Gasteiger partial charge in [-0.25, -0.2) is 4.85 Å². The minimum Gasteiger partial charge on any atom is -0.389 e. The van der Waals surface area contributed by atoms with Crippen molar-refractivity contribution >= 4 is 15.9 Å². The molecule has 0 aliphatic heterocycles. The lowest BCUT2D eigenvalue weighted by Crippen LogP contribution is -1.98. The SMILES string of the molecule is [C-]#[N+]C1=C(Br)[C@@H](O)CC1. The molecule has 0 radical (unpaired) electrons. The molecule has 1 aliphatic rings. The molecule has 0 aromatic rings. The third-order valence-corrected chi connectivity index (χ3v) is 2.34. The van der Waals surface area contributed by atoms with Gasteiger partial charge in [0.25, 0.3) is 0 Å². The van der Waals surface area contributed by atoms with Crippen LogP contribution >= 0.6 is 15.9 Å². The van der Waals surface area contributed by atoms with E-state index in [2.05, 4.69) is 20.8 Å². The number of aliphatic hydroxyl groups excluding tert-OH is 1. The number of hydrogen-bond acceptors (Lipinski definition) is 1. The second kappa shape index (κ2) is 2.51. The molecule has 1 N–H and O–H groups in total. The standard InChI is InChI=1S/C6H6BrNO/c1-8-4-2-3-5(9)6(4)7/h5,9H,2-3H2/t5-/m0/s1. The zero-order chi connectivity index (χ0) is 6.85. The average Bonchev–Trinajstić information content (AvgIpc) is 2.15. The van der Waals surface area contributed by atoms with E-state index in [1.54, 1.807) is 0 Å². The van der Waals surface area contributed by atoms with Gasteiger partial charge in [-0.05, 0) is 12.8 Å². The van der Waals surface area contributed by atoms with Crippen molar-refractivity contribution in [3.63, 3.8) is 0 Å². The minimum atomic E-state index is -0.422. The summed E-state index contributed by atoms with van der Waals surface area (Å²) in [5, 5.41) is 9.05. The van der Waals surface area contributed by atoms with Crippen LogP contribution in [-0.2, 0) is 0 Å². The van der Waals surface area contributed by atoms with Crippen LogP contribution in [-0.4, -0.2) is 11.2 Å². The smallest absolute Gasteiger partial charge is 0.178 e. The number of nitrogens with zero attached hydrogens (tertiary/aromatic N) is 1. The van der Waals surface area contributed by atoms with Gasteiger partial charge < -0.3 is 5.11 Å². The summed E-state index contributed by atoms with van der Waals surface area (Å²) in [6.45, 7) is 6.65. The van der Waals surface area contributed by atoms with Crippen molar-refractivity contribution in [2.24, 2.45) is 0 Å². The van der Waals surface area contributed by atoms with Crippen LogP contribution in [0.15, 0.2) is 10.2 Å². The van der Waals surface area contributed by atoms with E-state index in [-0.39, 0.29) is 0 Å². The molecule has 0 aromatic carbocycles. The molecule has 1 rings (SSSR count). The predicted molar refractivity (Wildman–Crippen MR) is 37.8 cm³/mol. The van der Waals surface area contributed by atoms with E-state index >= 15 is 0 Å². The summed E-state index contributed by atoms with van der Waals surface area (Å²) in [5.41, 5.74) is 0.669.